The molecular formula is C13H16ClNO3. The largest absolute Gasteiger partial charge is 0.490 e. The van der Waals surface area contributed by atoms with Gasteiger partial charge in [-0.15, -0.1) is 0 Å². The fraction of sp³-hybridized carbons (Fsp3) is 0.462. The van der Waals surface area contributed by atoms with Gasteiger partial charge >= 0.3 is 5.97 Å². The smallest absolute Gasteiger partial charge is 0.337 e. The summed E-state index contributed by atoms with van der Waals surface area (Å²) in [4.78, 5) is 11.3. The van der Waals surface area contributed by atoms with E-state index in [-0.39, 0.29) is 0 Å². The zero-order valence-electron chi connectivity index (χ0n) is 10.2. The van der Waals surface area contributed by atoms with Crippen LogP contribution in [0, 0.1) is 0 Å². The van der Waals surface area contributed by atoms with E-state index in [1.807, 2.05) is 0 Å². The van der Waals surface area contributed by atoms with E-state index >= 15 is 0 Å². The molecule has 5 heteroatoms. The van der Waals surface area contributed by atoms with Crippen molar-refractivity contribution in [1.82, 2.24) is 5.32 Å². The highest BCUT2D eigenvalue weighted by atomic mass is 35.5. The standard InChI is InChI=1S/C13H16ClNO3/c1-17-13(16)9-4-5-12(11(14)7-9)18-8-10-3-2-6-15-10/h4-5,7,10,15H,2-3,6,8H2,1H3/t10-/m0/s1. The van der Waals surface area contributed by atoms with Crippen LogP contribution < -0.4 is 10.1 Å². The Morgan fingerprint density at radius 1 is 1.56 bits per heavy atom. The number of hydrogen-bond donors (Lipinski definition) is 1. The van der Waals surface area contributed by atoms with Crippen LogP contribution in [0.3, 0.4) is 0 Å². The number of hydrogen-bond acceptors (Lipinski definition) is 4. The molecule has 1 N–H and O–H groups in total. The van der Waals surface area contributed by atoms with Crippen molar-refractivity contribution in [2.45, 2.75) is 18.9 Å². The summed E-state index contributed by atoms with van der Waals surface area (Å²) in [5.41, 5.74) is 0.425. The number of benzene rings is 1. The van der Waals surface area contributed by atoms with Gasteiger partial charge in [0.1, 0.15) is 12.4 Å². The average molecular weight is 270 g/mol. The lowest BCUT2D eigenvalue weighted by atomic mass is 10.2. The fourth-order valence-electron chi connectivity index (χ4n) is 1.95. The van der Waals surface area contributed by atoms with Crippen LogP contribution in [0.5, 0.6) is 5.75 Å². The van der Waals surface area contributed by atoms with E-state index < -0.39 is 5.97 Å². The molecule has 1 heterocycles. The lowest BCUT2D eigenvalue weighted by molar-refractivity contribution is 0.0600. The summed E-state index contributed by atoms with van der Waals surface area (Å²) in [5, 5.41) is 3.77. The third-order valence-electron chi connectivity index (χ3n) is 2.96. The van der Waals surface area contributed by atoms with E-state index in [9.17, 15) is 4.79 Å². The zero-order chi connectivity index (χ0) is 13.0. The minimum Gasteiger partial charge on any atom is -0.490 e. The topological polar surface area (TPSA) is 47.6 Å². The second-order valence-corrected chi connectivity index (χ2v) is 4.65. The van der Waals surface area contributed by atoms with Crippen LogP contribution in [0.4, 0.5) is 0 Å². The van der Waals surface area contributed by atoms with Gasteiger partial charge in [-0.25, -0.2) is 4.79 Å². The predicted molar refractivity (Wildman–Crippen MR) is 69.3 cm³/mol. The molecule has 1 atom stereocenters. The Kier molecular flexibility index (Phi) is 4.44. The Bertz CT molecular complexity index is 430. The summed E-state index contributed by atoms with van der Waals surface area (Å²) < 4.78 is 10.3. The summed E-state index contributed by atoms with van der Waals surface area (Å²) in [6.45, 7) is 1.64. The van der Waals surface area contributed by atoms with Crippen molar-refractivity contribution in [2.75, 3.05) is 20.3 Å². The van der Waals surface area contributed by atoms with E-state index in [0.29, 0.717) is 29.0 Å². The highest BCUT2D eigenvalue weighted by molar-refractivity contribution is 6.32. The lowest BCUT2D eigenvalue weighted by Crippen LogP contribution is -2.28. The Labute approximate surface area is 111 Å². The van der Waals surface area contributed by atoms with Crippen molar-refractivity contribution in [3.63, 3.8) is 0 Å². The predicted octanol–water partition coefficient (Wildman–Crippen LogP) is 2.26. The molecule has 98 valence electrons. The molecule has 2 rings (SSSR count). The molecule has 1 aliphatic heterocycles. The molecule has 0 bridgehead atoms. The quantitative estimate of drug-likeness (QED) is 0.852. The minimum absolute atomic E-state index is 0.390. The Morgan fingerprint density at radius 2 is 2.39 bits per heavy atom. The minimum atomic E-state index is -0.402. The normalized spacial score (nSPS) is 18.7. The number of carbonyl (C=O) groups excluding carboxylic acids is 1. The number of methoxy groups -OCH3 is 1. The Hall–Kier alpha value is -1.26. The third-order valence-corrected chi connectivity index (χ3v) is 3.25. The number of nitrogens with one attached hydrogen (secondary N) is 1. The number of carbonyl (C=O) groups is 1. The van der Waals surface area contributed by atoms with Crippen LogP contribution in [-0.4, -0.2) is 32.3 Å². The molecule has 0 amide bonds. The van der Waals surface area contributed by atoms with Gasteiger partial charge in [-0.1, -0.05) is 11.6 Å². The van der Waals surface area contributed by atoms with Gasteiger partial charge in [-0.05, 0) is 37.6 Å². The van der Waals surface area contributed by atoms with Gasteiger partial charge in [-0.3, -0.25) is 0 Å². The summed E-state index contributed by atoms with van der Waals surface area (Å²) >= 11 is 6.06. The van der Waals surface area contributed by atoms with Gasteiger partial charge in [0.2, 0.25) is 0 Å². The SMILES string of the molecule is COC(=O)c1ccc(OC[C@@H]2CCCN2)c(Cl)c1. The summed E-state index contributed by atoms with van der Waals surface area (Å²) in [5.74, 6) is 0.193. The monoisotopic (exact) mass is 269 g/mol. The highest BCUT2D eigenvalue weighted by Gasteiger charge is 2.15. The second-order valence-electron chi connectivity index (χ2n) is 4.24. The van der Waals surface area contributed by atoms with Crippen LogP contribution in [0.15, 0.2) is 18.2 Å². The molecular weight excluding hydrogens is 254 g/mol. The molecule has 1 fully saturated rings. The van der Waals surface area contributed by atoms with E-state index in [2.05, 4.69) is 10.1 Å². The molecule has 0 spiro atoms. The van der Waals surface area contributed by atoms with Crippen molar-refractivity contribution >= 4 is 17.6 Å². The first-order valence-electron chi connectivity index (χ1n) is 5.95. The van der Waals surface area contributed by atoms with E-state index in [1.54, 1.807) is 18.2 Å². The number of ether oxygens (including phenoxy) is 2. The first-order valence-corrected chi connectivity index (χ1v) is 6.32. The molecule has 0 aromatic heterocycles. The van der Waals surface area contributed by atoms with Gasteiger partial charge in [0.25, 0.3) is 0 Å². The Morgan fingerprint density at radius 3 is 3.00 bits per heavy atom. The lowest BCUT2D eigenvalue weighted by Gasteiger charge is -2.13. The van der Waals surface area contributed by atoms with Crippen molar-refractivity contribution in [1.29, 1.82) is 0 Å². The Balaban J connectivity index is 1.98. The molecule has 0 saturated carbocycles. The number of esters is 1. The molecule has 1 aliphatic rings. The molecule has 1 aromatic carbocycles. The summed E-state index contributed by atoms with van der Waals surface area (Å²) in [7, 11) is 1.34. The highest BCUT2D eigenvalue weighted by Crippen LogP contribution is 2.26. The molecule has 0 unspecified atom stereocenters. The van der Waals surface area contributed by atoms with Gasteiger partial charge in [0, 0.05) is 6.04 Å². The molecule has 1 aromatic rings. The van der Waals surface area contributed by atoms with Crippen molar-refractivity contribution in [3.05, 3.63) is 28.8 Å². The van der Waals surface area contributed by atoms with Crippen LogP contribution in [0.2, 0.25) is 5.02 Å². The molecule has 0 aliphatic carbocycles. The molecule has 1 saturated heterocycles. The van der Waals surface area contributed by atoms with Gasteiger partial charge in [-0.2, -0.15) is 0 Å². The van der Waals surface area contributed by atoms with Crippen LogP contribution in [0.25, 0.3) is 0 Å². The first-order chi connectivity index (χ1) is 8.70. The average Bonchev–Trinajstić information content (AvgIpc) is 2.89. The van der Waals surface area contributed by atoms with Gasteiger partial charge in [0.05, 0.1) is 17.7 Å². The van der Waals surface area contributed by atoms with E-state index in [4.69, 9.17) is 16.3 Å². The van der Waals surface area contributed by atoms with Gasteiger partial charge in [0.15, 0.2) is 0 Å². The van der Waals surface area contributed by atoms with Crippen molar-refractivity contribution in [3.8, 4) is 5.75 Å². The maximum atomic E-state index is 11.3. The maximum Gasteiger partial charge on any atom is 0.337 e. The number of halogens is 1. The summed E-state index contributed by atoms with van der Waals surface area (Å²) in [6.07, 6.45) is 2.31. The van der Waals surface area contributed by atoms with Crippen molar-refractivity contribution < 1.29 is 14.3 Å². The molecule has 0 radical (unpaired) electrons. The van der Waals surface area contributed by atoms with Crippen LogP contribution in [0.1, 0.15) is 23.2 Å². The van der Waals surface area contributed by atoms with Crippen LogP contribution >= 0.6 is 11.6 Å². The van der Waals surface area contributed by atoms with Gasteiger partial charge < -0.3 is 14.8 Å². The van der Waals surface area contributed by atoms with Crippen LogP contribution in [-0.2, 0) is 4.74 Å². The molecule has 18 heavy (non-hydrogen) atoms. The van der Waals surface area contributed by atoms with E-state index in [0.717, 1.165) is 13.0 Å². The second kappa shape index (κ2) is 6.07. The zero-order valence-corrected chi connectivity index (χ0v) is 11.0. The van der Waals surface area contributed by atoms with E-state index in [1.165, 1.54) is 13.5 Å². The van der Waals surface area contributed by atoms with Crippen molar-refractivity contribution in [2.24, 2.45) is 0 Å². The summed E-state index contributed by atoms with van der Waals surface area (Å²) in [6, 6.07) is 5.30. The molecule has 4 nitrogen and oxygen atoms in total. The fourth-order valence-corrected chi connectivity index (χ4v) is 2.19. The first kappa shape index (κ1) is 13.2. The number of rotatable bonds is 4. The maximum absolute atomic E-state index is 11.3. The third kappa shape index (κ3) is 3.15.